The molecule has 3 heterocycles. The van der Waals surface area contributed by atoms with E-state index in [4.69, 9.17) is 16.1 Å². The molecule has 0 aliphatic rings. The van der Waals surface area contributed by atoms with Crippen molar-refractivity contribution in [1.29, 1.82) is 0 Å². The summed E-state index contributed by atoms with van der Waals surface area (Å²) in [7, 11) is 0. The molecular weight excluding hydrogens is 286 g/mol. The Kier molecular flexibility index (Phi) is 3.31. The molecule has 3 aromatic rings. The summed E-state index contributed by atoms with van der Waals surface area (Å²) in [5.74, 6) is 1.07. The number of nitrogens with zero attached hydrogens (tertiary/aromatic N) is 5. The van der Waals surface area contributed by atoms with E-state index in [2.05, 4.69) is 20.5 Å². The van der Waals surface area contributed by atoms with Gasteiger partial charge in [0.05, 0.1) is 17.1 Å². The normalized spacial score (nSPS) is 12.7. The van der Waals surface area contributed by atoms with E-state index >= 15 is 0 Å². The number of thiophene rings is 1. The van der Waals surface area contributed by atoms with Crippen molar-refractivity contribution in [3.8, 4) is 11.5 Å². The largest absolute Gasteiger partial charge is 0.334 e. The third-order valence-corrected chi connectivity index (χ3v) is 3.41. The molecule has 3 aromatic heterocycles. The van der Waals surface area contributed by atoms with Gasteiger partial charge in [0.1, 0.15) is 12.2 Å². The van der Waals surface area contributed by atoms with Gasteiger partial charge in [0.2, 0.25) is 0 Å². The molecule has 0 aromatic carbocycles. The lowest BCUT2D eigenvalue weighted by Crippen LogP contribution is -2.02. The van der Waals surface area contributed by atoms with E-state index in [1.807, 2.05) is 23.8 Å². The molecule has 0 spiro atoms. The van der Waals surface area contributed by atoms with Gasteiger partial charge in [-0.3, -0.25) is 0 Å². The van der Waals surface area contributed by atoms with Crippen LogP contribution in [0.4, 0.5) is 0 Å². The third-order valence-electron chi connectivity index (χ3n) is 2.50. The first kappa shape index (κ1) is 12.3. The molecule has 1 atom stereocenters. The predicted molar refractivity (Wildman–Crippen MR) is 71.0 cm³/mol. The molecule has 0 saturated heterocycles. The summed E-state index contributed by atoms with van der Waals surface area (Å²) in [5.41, 5.74) is 1.65. The van der Waals surface area contributed by atoms with Gasteiger partial charge in [0.25, 0.3) is 5.89 Å². The molecule has 8 heteroatoms. The fourth-order valence-corrected chi connectivity index (χ4v) is 2.27. The molecule has 1 unspecified atom stereocenters. The molecule has 0 radical (unpaired) electrons. The summed E-state index contributed by atoms with van der Waals surface area (Å²) in [6, 6.07) is 1.94. The van der Waals surface area contributed by atoms with Crippen LogP contribution >= 0.6 is 22.9 Å². The van der Waals surface area contributed by atoms with Gasteiger partial charge in [-0.25, -0.2) is 4.68 Å². The van der Waals surface area contributed by atoms with Crippen molar-refractivity contribution in [2.75, 3.05) is 0 Å². The van der Waals surface area contributed by atoms with Crippen LogP contribution in [0.5, 0.6) is 0 Å². The Morgan fingerprint density at radius 2 is 2.42 bits per heavy atom. The molecule has 6 nitrogen and oxygen atoms in total. The third kappa shape index (κ3) is 2.66. The monoisotopic (exact) mass is 295 g/mol. The standard InChI is InChI=1S/C11H10ClN5OS/c1-7(12)9-4-17(16-14-9)5-10-13-11(18-15-10)8-2-3-19-6-8/h2-4,6-7H,5H2,1H3. The SMILES string of the molecule is CC(Cl)c1cn(Cc2noc(-c3ccsc3)n2)nn1. The lowest BCUT2D eigenvalue weighted by Gasteiger charge is -1.94. The molecule has 0 amide bonds. The highest BCUT2D eigenvalue weighted by Gasteiger charge is 2.11. The van der Waals surface area contributed by atoms with E-state index in [0.717, 1.165) is 11.3 Å². The Labute approximate surface area is 118 Å². The highest BCUT2D eigenvalue weighted by molar-refractivity contribution is 7.08. The van der Waals surface area contributed by atoms with Gasteiger partial charge in [-0.2, -0.15) is 16.3 Å². The van der Waals surface area contributed by atoms with E-state index < -0.39 is 0 Å². The van der Waals surface area contributed by atoms with Crippen LogP contribution in [0, 0.1) is 0 Å². The van der Waals surface area contributed by atoms with Gasteiger partial charge >= 0.3 is 0 Å². The first-order valence-corrected chi connectivity index (χ1v) is 6.99. The van der Waals surface area contributed by atoms with Crippen LogP contribution < -0.4 is 0 Å². The predicted octanol–water partition coefficient (Wildman–Crippen LogP) is 2.74. The first-order valence-electron chi connectivity index (χ1n) is 5.61. The van der Waals surface area contributed by atoms with E-state index in [0.29, 0.717) is 18.3 Å². The maximum Gasteiger partial charge on any atom is 0.258 e. The van der Waals surface area contributed by atoms with Crippen LogP contribution in [0.15, 0.2) is 27.5 Å². The van der Waals surface area contributed by atoms with Crippen molar-refractivity contribution in [1.82, 2.24) is 25.1 Å². The summed E-state index contributed by atoms with van der Waals surface area (Å²) in [6.07, 6.45) is 1.78. The van der Waals surface area contributed by atoms with Gasteiger partial charge < -0.3 is 4.52 Å². The van der Waals surface area contributed by atoms with Crippen LogP contribution in [0.25, 0.3) is 11.5 Å². The Morgan fingerprint density at radius 3 is 3.11 bits per heavy atom. The number of hydrogen-bond acceptors (Lipinski definition) is 6. The number of alkyl halides is 1. The van der Waals surface area contributed by atoms with Crippen molar-refractivity contribution < 1.29 is 4.52 Å². The Hall–Kier alpha value is -1.73. The number of rotatable bonds is 4. The van der Waals surface area contributed by atoms with Crippen molar-refractivity contribution >= 4 is 22.9 Å². The molecule has 0 fully saturated rings. The van der Waals surface area contributed by atoms with Gasteiger partial charge in [-0.05, 0) is 18.4 Å². The smallest absolute Gasteiger partial charge is 0.258 e. The zero-order valence-electron chi connectivity index (χ0n) is 10.0. The van der Waals surface area contributed by atoms with E-state index in [-0.39, 0.29) is 5.38 Å². The van der Waals surface area contributed by atoms with E-state index in [9.17, 15) is 0 Å². The quantitative estimate of drug-likeness (QED) is 0.692. The Balaban J connectivity index is 1.76. The molecule has 0 N–H and O–H groups in total. The maximum atomic E-state index is 5.93. The second-order valence-corrected chi connectivity index (χ2v) is 5.42. The van der Waals surface area contributed by atoms with Crippen LogP contribution in [-0.4, -0.2) is 25.1 Å². The lowest BCUT2D eigenvalue weighted by molar-refractivity contribution is 0.418. The molecule has 19 heavy (non-hydrogen) atoms. The molecule has 98 valence electrons. The second kappa shape index (κ2) is 5.10. The summed E-state index contributed by atoms with van der Waals surface area (Å²) < 4.78 is 6.83. The summed E-state index contributed by atoms with van der Waals surface area (Å²) in [5, 5.41) is 15.6. The van der Waals surface area contributed by atoms with Gasteiger partial charge in [0.15, 0.2) is 5.82 Å². The maximum absolute atomic E-state index is 5.93. The molecular formula is C11H10ClN5OS. The Morgan fingerprint density at radius 1 is 1.53 bits per heavy atom. The number of halogens is 1. The van der Waals surface area contributed by atoms with E-state index in [1.54, 1.807) is 22.2 Å². The van der Waals surface area contributed by atoms with Crippen LogP contribution in [0.3, 0.4) is 0 Å². The topological polar surface area (TPSA) is 69.6 Å². The van der Waals surface area contributed by atoms with Crippen molar-refractivity contribution in [3.05, 3.63) is 34.5 Å². The summed E-state index contributed by atoms with van der Waals surface area (Å²) in [6.45, 7) is 2.25. The Bertz CT molecular complexity index is 660. The van der Waals surface area contributed by atoms with E-state index in [1.165, 1.54) is 0 Å². The molecule has 0 aliphatic heterocycles. The molecule has 0 bridgehead atoms. The lowest BCUT2D eigenvalue weighted by atomic mass is 10.3. The minimum atomic E-state index is -0.166. The number of hydrogen-bond donors (Lipinski definition) is 0. The average Bonchev–Trinajstić information content (AvgIpc) is 3.09. The van der Waals surface area contributed by atoms with Crippen molar-refractivity contribution in [2.45, 2.75) is 18.8 Å². The van der Waals surface area contributed by atoms with Crippen LogP contribution in [-0.2, 0) is 6.54 Å². The fourth-order valence-electron chi connectivity index (χ4n) is 1.54. The van der Waals surface area contributed by atoms with Gasteiger partial charge in [0, 0.05) is 5.38 Å². The minimum Gasteiger partial charge on any atom is -0.334 e. The zero-order chi connectivity index (χ0) is 13.2. The summed E-state index contributed by atoms with van der Waals surface area (Å²) >= 11 is 7.51. The van der Waals surface area contributed by atoms with Crippen molar-refractivity contribution in [2.24, 2.45) is 0 Å². The molecule has 0 saturated carbocycles. The zero-order valence-corrected chi connectivity index (χ0v) is 11.6. The van der Waals surface area contributed by atoms with Crippen LogP contribution in [0.1, 0.15) is 23.8 Å². The van der Waals surface area contributed by atoms with Gasteiger partial charge in [-0.1, -0.05) is 10.4 Å². The molecule has 0 aliphatic carbocycles. The van der Waals surface area contributed by atoms with Crippen LogP contribution in [0.2, 0.25) is 0 Å². The fraction of sp³-hybridized carbons (Fsp3) is 0.273. The second-order valence-electron chi connectivity index (χ2n) is 3.98. The van der Waals surface area contributed by atoms with Gasteiger partial charge in [-0.15, -0.1) is 16.7 Å². The minimum absolute atomic E-state index is 0.166. The average molecular weight is 296 g/mol. The first-order chi connectivity index (χ1) is 9.22. The highest BCUT2D eigenvalue weighted by Crippen LogP contribution is 2.20. The highest BCUT2D eigenvalue weighted by atomic mass is 35.5. The van der Waals surface area contributed by atoms with Crippen molar-refractivity contribution in [3.63, 3.8) is 0 Å². The number of aromatic nitrogens is 5. The summed E-state index contributed by atoms with van der Waals surface area (Å²) in [4.78, 5) is 4.31. The molecule has 3 rings (SSSR count).